The van der Waals surface area contributed by atoms with E-state index in [4.69, 9.17) is 0 Å². The third-order valence-electron chi connectivity index (χ3n) is 25.3. The number of aromatic nitrogens is 3. The molecule has 8 fully saturated rings. The Labute approximate surface area is 501 Å². The highest BCUT2D eigenvalue weighted by Crippen LogP contribution is 2.63. The minimum absolute atomic E-state index is 0.00349. The molecular formula is C80H70BN3S. The average Bonchev–Trinajstić information content (AvgIpc) is 1.63. The van der Waals surface area contributed by atoms with Gasteiger partial charge in [-0.15, -0.1) is 11.3 Å². The molecule has 0 N–H and O–H groups in total. The molecule has 2 aliphatic heterocycles. The maximum absolute atomic E-state index is 2.88. The quantitative estimate of drug-likeness (QED) is 0.157. The standard InChI is InChI=1S/C80H70BN3S/c1-77(2,3)48-14-17-61-55(27-48)57-29-50(78(4,5)6)31-59-75(57)83(61)65-33-52(82-63-16-13-47-9-7-10-53-54-11-8-12-67-70(54)73-68(85-67)20-19-64(82)72(73)71(63)69(47)53)34-66-74(65)81(59)60-32-51(80-38-44-24-45(39-80)26-46(25-44)40-80)30-58-56-28-49(15-18-62(56)84(66)76(58)60)79-35-41-21-42(36-79)23-43(22-41)37-79/h7-20,27-34,41-46H,21-26,35-40H2,1-6H3. The van der Waals surface area contributed by atoms with Gasteiger partial charge in [-0.1, -0.05) is 102 Å². The summed E-state index contributed by atoms with van der Waals surface area (Å²) >= 11 is 1.96. The Morgan fingerprint density at radius 3 is 1.56 bits per heavy atom. The van der Waals surface area contributed by atoms with E-state index in [1.165, 1.54) is 224 Å². The van der Waals surface area contributed by atoms with Gasteiger partial charge in [0.25, 0.3) is 6.71 Å². The lowest BCUT2D eigenvalue weighted by atomic mass is 9.33. The fourth-order valence-corrected chi connectivity index (χ4v) is 23.8. The smallest absolute Gasteiger partial charge is 0.252 e. The first-order valence-corrected chi connectivity index (χ1v) is 33.8. The van der Waals surface area contributed by atoms with E-state index in [2.05, 4.69) is 189 Å². The molecule has 13 aromatic rings. The summed E-state index contributed by atoms with van der Waals surface area (Å²) in [7, 11) is 0. The van der Waals surface area contributed by atoms with Crippen LogP contribution in [0.2, 0.25) is 0 Å². The van der Waals surface area contributed by atoms with Crippen molar-refractivity contribution < 1.29 is 0 Å². The minimum atomic E-state index is -0.0512. The number of rotatable bonds is 3. The molecule has 0 radical (unpaired) electrons. The lowest BCUT2D eigenvalue weighted by Crippen LogP contribution is -2.60. The van der Waals surface area contributed by atoms with Gasteiger partial charge in [0.2, 0.25) is 0 Å². The van der Waals surface area contributed by atoms with Crippen molar-refractivity contribution in [2.75, 3.05) is 0 Å². The maximum Gasteiger partial charge on any atom is 0.252 e. The van der Waals surface area contributed by atoms with Crippen LogP contribution in [0, 0.1) is 35.5 Å². The Balaban J connectivity index is 0.912. The lowest BCUT2D eigenvalue weighted by Gasteiger charge is -2.57. The van der Waals surface area contributed by atoms with E-state index in [-0.39, 0.29) is 23.0 Å². The van der Waals surface area contributed by atoms with E-state index in [1.54, 1.807) is 16.6 Å². The van der Waals surface area contributed by atoms with Gasteiger partial charge >= 0.3 is 0 Å². The van der Waals surface area contributed by atoms with Gasteiger partial charge in [0.1, 0.15) is 0 Å². The van der Waals surface area contributed by atoms with Crippen molar-refractivity contribution in [1.29, 1.82) is 0 Å². The van der Waals surface area contributed by atoms with Gasteiger partial charge in [-0.25, -0.2) is 0 Å². The van der Waals surface area contributed by atoms with Crippen LogP contribution in [0.25, 0.3) is 125 Å². The zero-order valence-corrected chi connectivity index (χ0v) is 50.8. The summed E-state index contributed by atoms with van der Waals surface area (Å²) in [6, 6.07) is 56.0. The number of hydrogen-bond donors (Lipinski definition) is 0. The first kappa shape index (κ1) is 47.1. The summed E-state index contributed by atoms with van der Waals surface area (Å²) in [5, 5.41) is 14.1. The predicted octanol–water partition coefficient (Wildman–Crippen LogP) is 19.2. The highest BCUT2D eigenvalue weighted by atomic mass is 32.1. The normalized spacial score (nSPS) is 26.4. The van der Waals surface area contributed by atoms with E-state index in [9.17, 15) is 0 Å². The molecule has 0 spiro atoms. The fourth-order valence-electron chi connectivity index (χ4n) is 22.6. The summed E-state index contributed by atoms with van der Waals surface area (Å²) in [4.78, 5) is 0. The van der Waals surface area contributed by atoms with Crippen LogP contribution < -0.4 is 16.4 Å². The summed E-state index contributed by atoms with van der Waals surface area (Å²) in [5.74, 6) is 5.31. The first-order chi connectivity index (χ1) is 41.2. The molecule has 85 heavy (non-hydrogen) atoms. The highest BCUT2D eigenvalue weighted by molar-refractivity contribution is 7.26. The molecule has 414 valence electrons. The number of nitrogens with zero attached hydrogens (tertiary/aromatic N) is 3. The van der Waals surface area contributed by atoms with Gasteiger partial charge in [-0.2, -0.15) is 0 Å². The largest absolute Gasteiger partial charge is 0.310 e. The van der Waals surface area contributed by atoms with Crippen LogP contribution in [0.15, 0.2) is 133 Å². The van der Waals surface area contributed by atoms with Crippen LogP contribution in [-0.4, -0.2) is 20.4 Å². The Bertz CT molecular complexity index is 5290. The molecule has 9 aromatic carbocycles. The molecule has 24 rings (SSSR count). The lowest BCUT2D eigenvalue weighted by molar-refractivity contribution is -0.00526. The third-order valence-corrected chi connectivity index (χ3v) is 26.4. The molecule has 6 heterocycles. The molecule has 8 saturated carbocycles. The van der Waals surface area contributed by atoms with E-state index in [0.29, 0.717) is 5.41 Å². The number of hydrogen-bond acceptors (Lipinski definition) is 1. The first-order valence-electron chi connectivity index (χ1n) is 33.0. The zero-order valence-electron chi connectivity index (χ0n) is 50.0. The summed E-state index contributed by atoms with van der Waals surface area (Å²) in [5.41, 5.74) is 26.0. The van der Waals surface area contributed by atoms with Crippen LogP contribution in [0.3, 0.4) is 0 Å². The van der Waals surface area contributed by atoms with E-state index >= 15 is 0 Å². The molecule has 4 aromatic heterocycles. The monoisotopic (exact) mass is 1120 g/mol. The predicted molar refractivity (Wildman–Crippen MR) is 361 cm³/mol. The van der Waals surface area contributed by atoms with E-state index in [0.717, 1.165) is 35.5 Å². The second-order valence-corrected chi connectivity index (χ2v) is 33.2. The van der Waals surface area contributed by atoms with Crippen molar-refractivity contribution in [2.24, 2.45) is 35.5 Å². The van der Waals surface area contributed by atoms with Gasteiger partial charge in [-0.3, -0.25) is 0 Å². The number of benzene rings is 9. The molecule has 0 unspecified atom stereocenters. The van der Waals surface area contributed by atoms with Crippen molar-refractivity contribution in [3.05, 3.63) is 156 Å². The molecule has 0 saturated heterocycles. The van der Waals surface area contributed by atoms with E-state index in [1.807, 2.05) is 11.3 Å². The van der Waals surface area contributed by atoms with Gasteiger partial charge < -0.3 is 13.7 Å². The SMILES string of the molecule is CC(C)(C)c1ccc2c(c1)c1cc(C(C)(C)C)cc3c1n2-c1cc(-n2c4ccc5cccc6c5c4c4c5c(ccc42)sc2cccc-6c25)cc2c1B3c1cc(C34CC5CC(CC(C5)C3)C4)cc3c4cc(C56CC7CC(CC(C7)C5)C6)ccc4n-2c13. The van der Waals surface area contributed by atoms with Crippen LogP contribution >= 0.6 is 11.3 Å². The van der Waals surface area contributed by atoms with Crippen molar-refractivity contribution in [3.63, 3.8) is 0 Å². The summed E-state index contributed by atoms with van der Waals surface area (Å²) in [6.45, 7) is 14.6. The molecule has 5 heteroatoms. The van der Waals surface area contributed by atoms with Gasteiger partial charge in [0.15, 0.2) is 0 Å². The number of thiophene rings is 1. The summed E-state index contributed by atoms with van der Waals surface area (Å²) < 4.78 is 11.1. The Morgan fingerprint density at radius 1 is 0.412 bits per heavy atom. The number of fused-ring (bicyclic) bond motifs is 11. The molecule has 11 aliphatic rings. The molecule has 3 nitrogen and oxygen atoms in total. The van der Waals surface area contributed by atoms with Gasteiger partial charge in [0, 0.05) is 74.9 Å². The van der Waals surface area contributed by atoms with Crippen LogP contribution in [0.1, 0.15) is 141 Å². The summed E-state index contributed by atoms with van der Waals surface area (Å²) in [6.07, 6.45) is 17.1. The maximum atomic E-state index is 2.88. The molecule has 0 atom stereocenters. The molecule has 0 amide bonds. The fraction of sp³-hybridized carbons (Fsp3) is 0.350. The van der Waals surface area contributed by atoms with Crippen molar-refractivity contribution in [2.45, 2.75) is 140 Å². The topological polar surface area (TPSA) is 14.8 Å². The third kappa shape index (κ3) is 5.71. The van der Waals surface area contributed by atoms with Crippen molar-refractivity contribution >= 4 is 131 Å². The van der Waals surface area contributed by atoms with Crippen LogP contribution in [-0.2, 0) is 21.7 Å². The van der Waals surface area contributed by atoms with Crippen LogP contribution in [0.5, 0.6) is 0 Å². The second kappa shape index (κ2) is 15.0. The van der Waals surface area contributed by atoms with Crippen molar-refractivity contribution in [1.82, 2.24) is 13.7 Å². The molecule has 8 bridgehead atoms. The Morgan fingerprint density at radius 2 is 0.918 bits per heavy atom. The van der Waals surface area contributed by atoms with Crippen LogP contribution in [0.4, 0.5) is 0 Å². The van der Waals surface area contributed by atoms with Crippen molar-refractivity contribution in [3.8, 4) is 28.2 Å². The van der Waals surface area contributed by atoms with Gasteiger partial charge in [0.05, 0.1) is 27.8 Å². The Kier molecular flexibility index (Phi) is 8.32. The second-order valence-electron chi connectivity index (χ2n) is 32.1. The van der Waals surface area contributed by atoms with Gasteiger partial charge in [-0.05, 0) is 268 Å². The minimum Gasteiger partial charge on any atom is -0.310 e. The molecule has 9 aliphatic carbocycles. The zero-order chi connectivity index (χ0) is 55.8. The highest BCUT2D eigenvalue weighted by Gasteiger charge is 2.54. The average molecular weight is 1120 g/mol. The Hall–Kier alpha value is -7.08. The van der Waals surface area contributed by atoms with E-state index < -0.39 is 0 Å². The molecular weight excluding hydrogens is 1050 g/mol.